The van der Waals surface area contributed by atoms with E-state index >= 15 is 0 Å². The predicted octanol–water partition coefficient (Wildman–Crippen LogP) is 4.31. The van der Waals surface area contributed by atoms with Crippen LogP contribution in [0.15, 0.2) is 12.2 Å². The van der Waals surface area contributed by atoms with Crippen molar-refractivity contribution in [3.63, 3.8) is 0 Å². The van der Waals surface area contributed by atoms with Crippen LogP contribution >= 0.6 is 0 Å². The average molecular weight is 434 g/mol. The van der Waals surface area contributed by atoms with Crippen molar-refractivity contribution in [1.82, 2.24) is 5.32 Å². The molecule has 1 aromatic rings. The molecule has 0 fully saturated rings. The van der Waals surface area contributed by atoms with Gasteiger partial charge in [0.2, 0.25) is 0 Å². The zero-order valence-corrected chi connectivity index (χ0v) is 18.4. The molecule has 8 heteroatoms. The van der Waals surface area contributed by atoms with Crippen molar-refractivity contribution in [3.8, 4) is 11.5 Å². The second-order valence-corrected chi connectivity index (χ2v) is 7.38. The number of methoxy groups -OCH3 is 1. The molecule has 8 nitrogen and oxygen atoms in total. The maximum absolute atomic E-state index is 12.4. The molecule has 1 aliphatic heterocycles. The molecule has 31 heavy (non-hydrogen) atoms. The highest BCUT2D eigenvalue weighted by Crippen LogP contribution is 2.42. The van der Waals surface area contributed by atoms with Crippen LogP contribution in [-0.2, 0) is 22.6 Å². The summed E-state index contributed by atoms with van der Waals surface area (Å²) < 4.78 is 16.4. The van der Waals surface area contributed by atoms with Crippen molar-refractivity contribution in [2.45, 2.75) is 65.4 Å². The van der Waals surface area contributed by atoms with Crippen molar-refractivity contribution in [2.24, 2.45) is 0 Å². The molecule has 2 rings (SSSR count). The number of unbranched alkanes of at least 4 members (excludes halogenated alkanes) is 3. The molecule has 0 radical (unpaired) electrons. The fraction of sp³-hybridized carbons (Fsp3) is 0.522. The summed E-state index contributed by atoms with van der Waals surface area (Å²) in [6.07, 6.45) is 7.65. The molecule has 1 aromatic carbocycles. The number of hydrogen-bond donors (Lipinski definition) is 2. The maximum atomic E-state index is 12.4. The number of amides is 1. The summed E-state index contributed by atoms with van der Waals surface area (Å²) in [4.78, 5) is 35.5. The SMILES string of the molecule is CCCCCCNC(=O)Oc1c(C/C=C/CCC(=O)O)c(OC)c(C)c2c1C(=O)OC2. The second-order valence-electron chi connectivity index (χ2n) is 7.38. The van der Waals surface area contributed by atoms with Crippen LogP contribution in [0.3, 0.4) is 0 Å². The minimum atomic E-state index is -0.877. The number of benzene rings is 1. The first kappa shape index (κ1) is 24.2. The summed E-state index contributed by atoms with van der Waals surface area (Å²) in [7, 11) is 1.52. The van der Waals surface area contributed by atoms with Crippen molar-refractivity contribution in [1.29, 1.82) is 0 Å². The van der Waals surface area contributed by atoms with Crippen LogP contribution in [0.1, 0.15) is 72.5 Å². The fourth-order valence-corrected chi connectivity index (χ4v) is 3.52. The Hall–Kier alpha value is -3.03. The highest BCUT2D eigenvalue weighted by Gasteiger charge is 2.34. The number of aliphatic carboxylic acids is 1. The molecule has 0 atom stereocenters. The van der Waals surface area contributed by atoms with E-state index in [0.717, 1.165) is 31.2 Å². The van der Waals surface area contributed by atoms with Gasteiger partial charge in [-0.15, -0.1) is 0 Å². The molecule has 2 N–H and O–H groups in total. The van der Waals surface area contributed by atoms with Gasteiger partial charge in [0.15, 0.2) is 5.75 Å². The lowest BCUT2D eigenvalue weighted by atomic mass is 9.95. The molecule has 0 spiro atoms. The van der Waals surface area contributed by atoms with Gasteiger partial charge < -0.3 is 24.6 Å². The van der Waals surface area contributed by atoms with Gasteiger partial charge in [0.05, 0.1) is 7.11 Å². The lowest BCUT2D eigenvalue weighted by Gasteiger charge is -2.18. The Morgan fingerprint density at radius 1 is 1.19 bits per heavy atom. The van der Waals surface area contributed by atoms with Gasteiger partial charge in [-0.25, -0.2) is 9.59 Å². The monoisotopic (exact) mass is 433 g/mol. The summed E-state index contributed by atoms with van der Waals surface area (Å²) in [6.45, 7) is 4.53. The van der Waals surface area contributed by atoms with Crippen LogP contribution in [0.5, 0.6) is 11.5 Å². The van der Waals surface area contributed by atoms with Crippen LogP contribution in [0, 0.1) is 6.92 Å². The van der Waals surface area contributed by atoms with E-state index in [2.05, 4.69) is 12.2 Å². The minimum Gasteiger partial charge on any atom is -0.496 e. The van der Waals surface area contributed by atoms with E-state index in [0.29, 0.717) is 36.3 Å². The topological polar surface area (TPSA) is 111 Å². The Kier molecular flexibility index (Phi) is 9.37. The average Bonchev–Trinajstić information content (AvgIpc) is 3.12. The zero-order valence-electron chi connectivity index (χ0n) is 18.4. The number of rotatable bonds is 12. The molecule has 0 aromatic heterocycles. The first-order chi connectivity index (χ1) is 14.9. The van der Waals surface area contributed by atoms with Crippen molar-refractivity contribution < 1.29 is 33.7 Å². The molecular formula is C23H31NO7. The third-order valence-corrected chi connectivity index (χ3v) is 5.13. The molecule has 0 aliphatic carbocycles. The Labute approximate surface area is 182 Å². The Balaban J connectivity index is 2.28. The number of hydrogen-bond acceptors (Lipinski definition) is 6. The van der Waals surface area contributed by atoms with E-state index in [4.69, 9.17) is 19.3 Å². The third kappa shape index (κ3) is 6.47. The summed E-state index contributed by atoms with van der Waals surface area (Å²) in [5.41, 5.74) is 2.19. The Bertz CT molecular complexity index is 845. The van der Waals surface area contributed by atoms with Crippen molar-refractivity contribution >= 4 is 18.0 Å². The number of cyclic esters (lactones) is 1. The lowest BCUT2D eigenvalue weighted by Crippen LogP contribution is -2.28. The normalized spacial score (nSPS) is 12.5. The minimum absolute atomic E-state index is 0.0208. The van der Waals surface area contributed by atoms with Crippen LogP contribution in [-0.4, -0.2) is 36.8 Å². The van der Waals surface area contributed by atoms with E-state index in [1.807, 2.05) is 6.92 Å². The van der Waals surface area contributed by atoms with Crippen LogP contribution in [0.25, 0.3) is 0 Å². The van der Waals surface area contributed by atoms with Gasteiger partial charge in [-0.05, 0) is 31.7 Å². The number of carbonyl (C=O) groups excluding carboxylic acids is 2. The third-order valence-electron chi connectivity index (χ3n) is 5.13. The smallest absolute Gasteiger partial charge is 0.412 e. The summed E-state index contributed by atoms with van der Waals surface area (Å²) >= 11 is 0. The van der Waals surface area contributed by atoms with Gasteiger partial charge in [0.25, 0.3) is 0 Å². The van der Waals surface area contributed by atoms with Gasteiger partial charge in [-0.1, -0.05) is 38.3 Å². The van der Waals surface area contributed by atoms with Crippen LogP contribution < -0.4 is 14.8 Å². The number of nitrogens with one attached hydrogen (secondary N) is 1. The first-order valence-corrected chi connectivity index (χ1v) is 10.6. The molecule has 1 amide bonds. The summed E-state index contributed by atoms with van der Waals surface area (Å²) in [5, 5.41) is 11.5. The van der Waals surface area contributed by atoms with Crippen LogP contribution in [0.4, 0.5) is 4.79 Å². The lowest BCUT2D eigenvalue weighted by molar-refractivity contribution is -0.136. The van der Waals surface area contributed by atoms with Crippen molar-refractivity contribution in [3.05, 3.63) is 34.4 Å². The number of fused-ring (bicyclic) bond motifs is 1. The van der Waals surface area contributed by atoms with Gasteiger partial charge >= 0.3 is 18.0 Å². The molecule has 170 valence electrons. The van der Waals surface area contributed by atoms with E-state index in [1.54, 1.807) is 12.2 Å². The maximum Gasteiger partial charge on any atom is 0.412 e. The summed E-state index contributed by atoms with van der Waals surface area (Å²) in [6, 6.07) is 0. The highest BCUT2D eigenvalue weighted by molar-refractivity contribution is 5.99. The number of allylic oxidation sites excluding steroid dienone is 2. The van der Waals surface area contributed by atoms with Crippen molar-refractivity contribution in [2.75, 3.05) is 13.7 Å². The van der Waals surface area contributed by atoms with E-state index in [1.165, 1.54) is 7.11 Å². The van der Waals surface area contributed by atoms with Crippen LogP contribution in [0.2, 0.25) is 0 Å². The standard InChI is InChI=1S/C23H31NO7/c1-4-5-6-10-13-24-23(28)31-21-16(11-8-7-9-12-18(25)26)20(29-3)15(2)17-14-30-22(27)19(17)21/h7-8H,4-6,9-14H2,1-3H3,(H,24,28)(H,25,26)/b8-7+. The molecule has 0 saturated carbocycles. The Morgan fingerprint density at radius 3 is 2.65 bits per heavy atom. The highest BCUT2D eigenvalue weighted by atomic mass is 16.6. The molecular weight excluding hydrogens is 402 g/mol. The second kappa shape index (κ2) is 12.0. The predicted molar refractivity (Wildman–Crippen MR) is 115 cm³/mol. The molecule has 0 saturated heterocycles. The van der Waals surface area contributed by atoms with Gasteiger partial charge in [0.1, 0.15) is 17.9 Å². The quantitative estimate of drug-likeness (QED) is 0.287. The van der Waals surface area contributed by atoms with Gasteiger partial charge in [-0.2, -0.15) is 0 Å². The van der Waals surface area contributed by atoms with Gasteiger partial charge in [0, 0.05) is 24.1 Å². The molecule has 1 aliphatic rings. The number of esters is 1. The number of carboxylic acids is 1. The largest absolute Gasteiger partial charge is 0.496 e. The molecule has 1 heterocycles. The number of carboxylic acid groups (broad SMARTS) is 1. The summed E-state index contributed by atoms with van der Waals surface area (Å²) in [5.74, 6) is -0.764. The molecule has 0 bridgehead atoms. The number of carbonyl (C=O) groups is 3. The zero-order chi connectivity index (χ0) is 22.8. The fourth-order valence-electron chi connectivity index (χ4n) is 3.52. The van der Waals surface area contributed by atoms with E-state index in [-0.39, 0.29) is 24.3 Å². The van der Waals surface area contributed by atoms with E-state index < -0.39 is 18.0 Å². The molecule has 0 unspecified atom stereocenters. The Morgan fingerprint density at radius 2 is 1.97 bits per heavy atom. The van der Waals surface area contributed by atoms with Gasteiger partial charge in [-0.3, -0.25) is 4.79 Å². The van der Waals surface area contributed by atoms with E-state index in [9.17, 15) is 14.4 Å². The first-order valence-electron chi connectivity index (χ1n) is 10.6. The number of ether oxygens (including phenoxy) is 3.